The minimum absolute atomic E-state index is 0.0592. The number of hydrogen-bond acceptors (Lipinski definition) is 3. The van der Waals surface area contributed by atoms with Gasteiger partial charge in [-0.25, -0.2) is 4.99 Å². The second-order valence-electron chi connectivity index (χ2n) is 3.01. The summed E-state index contributed by atoms with van der Waals surface area (Å²) in [5.41, 5.74) is 10.4. The molecule has 0 aromatic carbocycles. The number of aliphatic imine (C=N–C) groups is 1. The van der Waals surface area contributed by atoms with Gasteiger partial charge in [0.05, 0.1) is 12.1 Å². The Kier molecular flexibility index (Phi) is 2.65. The fraction of sp³-hybridized carbons (Fsp3) is 0.714. The number of ketones is 1. The van der Waals surface area contributed by atoms with Crippen molar-refractivity contribution in [3.8, 4) is 0 Å². The van der Waals surface area contributed by atoms with E-state index in [9.17, 15) is 4.79 Å². The number of nitrogens with zero attached hydrogens (tertiary/aromatic N) is 1. The van der Waals surface area contributed by atoms with Crippen molar-refractivity contribution < 1.29 is 4.79 Å². The average Bonchev–Trinajstić information content (AvgIpc) is 2.34. The van der Waals surface area contributed by atoms with E-state index in [4.69, 9.17) is 11.5 Å². The molecular weight excluding hydrogens is 156 g/mol. The number of carbonyl (C=O) groups excluding carboxylic acids is 1. The Morgan fingerprint density at radius 1 is 1.58 bits per heavy atom. The molecule has 5 heteroatoms. The lowest BCUT2D eigenvalue weighted by Crippen LogP contribution is -2.28. The Morgan fingerprint density at radius 2 is 2.25 bits per heavy atom. The van der Waals surface area contributed by atoms with E-state index in [-0.39, 0.29) is 23.8 Å². The highest BCUT2D eigenvalue weighted by molar-refractivity contribution is 5.82. The number of carbonyl (C=O) groups is 1. The Hall–Kier alpha value is -1.10. The van der Waals surface area contributed by atoms with Gasteiger partial charge < -0.3 is 16.8 Å². The molecule has 1 saturated heterocycles. The van der Waals surface area contributed by atoms with Gasteiger partial charge in [-0.05, 0) is 13.3 Å². The van der Waals surface area contributed by atoms with Crippen LogP contribution in [0.2, 0.25) is 0 Å². The zero-order chi connectivity index (χ0) is 9.14. The number of rotatable bonds is 2. The molecule has 5 N–H and O–H groups in total. The SMILES string of the molecule is CC(=O)[C@@H]1C[C@H](N=C(N)N)CN1. The Morgan fingerprint density at radius 3 is 2.67 bits per heavy atom. The minimum atomic E-state index is -0.0712. The van der Waals surface area contributed by atoms with Crippen molar-refractivity contribution >= 4 is 11.7 Å². The first-order valence-corrected chi connectivity index (χ1v) is 3.92. The Labute approximate surface area is 71.2 Å². The molecule has 0 aromatic heterocycles. The molecule has 2 atom stereocenters. The standard InChI is InChI=1S/C7H14N4O/c1-4(12)6-2-5(3-10-6)11-7(8)9/h5-6,10H,2-3H2,1H3,(H4,8,9,11)/t5-,6-/m0/s1. The fourth-order valence-corrected chi connectivity index (χ4v) is 1.34. The van der Waals surface area contributed by atoms with Crippen LogP contribution in [0.4, 0.5) is 0 Å². The summed E-state index contributed by atoms with van der Waals surface area (Å²) in [5.74, 6) is 0.231. The maximum atomic E-state index is 10.9. The molecular formula is C7H14N4O. The molecule has 68 valence electrons. The predicted molar refractivity (Wildman–Crippen MR) is 46.7 cm³/mol. The van der Waals surface area contributed by atoms with Crippen molar-refractivity contribution in [2.24, 2.45) is 16.5 Å². The smallest absolute Gasteiger partial charge is 0.186 e. The van der Waals surface area contributed by atoms with E-state index in [2.05, 4.69) is 10.3 Å². The van der Waals surface area contributed by atoms with E-state index in [1.165, 1.54) is 0 Å². The molecule has 1 heterocycles. The van der Waals surface area contributed by atoms with Crippen molar-refractivity contribution in [1.82, 2.24) is 5.32 Å². The lowest BCUT2D eigenvalue weighted by Gasteiger charge is -2.03. The summed E-state index contributed by atoms with van der Waals surface area (Å²) in [4.78, 5) is 14.9. The van der Waals surface area contributed by atoms with E-state index in [1.807, 2.05) is 0 Å². The van der Waals surface area contributed by atoms with Crippen LogP contribution < -0.4 is 16.8 Å². The average molecular weight is 170 g/mol. The monoisotopic (exact) mass is 170 g/mol. The molecule has 1 rings (SSSR count). The highest BCUT2D eigenvalue weighted by Crippen LogP contribution is 2.10. The highest BCUT2D eigenvalue weighted by Gasteiger charge is 2.26. The van der Waals surface area contributed by atoms with E-state index < -0.39 is 0 Å². The molecule has 0 aliphatic carbocycles. The lowest BCUT2D eigenvalue weighted by atomic mass is 10.1. The van der Waals surface area contributed by atoms with Gasteiger partial charge in [0.25, 0.3) is 0 Å². The van der Waals surface area contributed by atoms with Gasteiger partial charge in [-0.1, -0.05) is 0 Å². The second-order valence-corrected chi connectivity index (χ2v) is 3.01. The first-order chi connectivity index (χ1) is 5.59. The van der Waals surface area contributed by atoms with Crippen LogP contribution in [-0.2, 0) is 4.79 Å². The molecule has 0 unspecified atom stereocenters. The molecule has 1 aliphatic heterocycles. The molecule has 0 bridgehead atoms. The molecule has 0 radical (unpaired) electrons. The first kappa shape index (κ1) is 8.99. The molecule has 0 aromatic rings. The summed E-state index contributed by atoms with van der Waals surface area (Å²) in [7, 11) is 0. The summed E-state index contributed by atoms with van der Waals surface area (Å²) in [5, 5.41) is 3.04. The number of hydrogen-bond donors (Lipinski definition) is 3. The minimum Gasteiger partial charge on any atom is -0.370 e. The largest absolute Gasteiger partial charge is 0.370 e. The Bertz CT molecular complexity index is 209. The van der Waals surface area contributed by atoms with Crippen molar-refractivity contribution in [2.45, 2.75) is 25.4 Å². The summed E-state index contributed by atoms with van der Waals surface area (Å²) in [6.07, 6.45) is 0.702. The third kappa shape index (κ3) is 2.20. The zero-order valence-corrected chi connectivity index (χ0v) is 7.08. The maximum Gasteiger partial charge on any atom is 0.186 e. The first-order valence-electron chi connectivity index (χ1n) is 3.92. The van der Waals surface area contributed by atoms with Crippen LogP contribution in [0, 0.1) is 0 Å². The third-order valence-electron chi connectivity index (χ3n) is 1.93. The summed E-state index contributed by atoms with van der Waals surface area (Å²) >= 11 is 0. The number of guanidine groups is 1. The van der Waals surface area contributed by atoms with Gasteiger partial charge >= 0.3 is 0 Å². The normalized spacial score (nSPS) is 28.4. The van der Waals surface area contributed by atoms with Crippen molar-refractivity contribution in [3.05, 3.63) is 0 Å². The van der Waals surface area contributed by atoms with Crippen LogP contribution in [0.1, 0.15) is 13.3 Å². The van der Waals surface area contributed by atoms with Crippen LogP contribution >= 0.6 is 0 Å². The van der Waals surface area contributed by atoms with Gasteiger partial charge in [0.2, 0.25) is 0 Å². The number of Topliss-reactive ketones (excluding diaryl/α,β-unsaturated/α-hetero) is 1. The van der Waals surface area contributed by atoms with Crippen molar-refractivity contribution in [1.29, 1.82) is 0 Å². The van der Waals surface area contributed by atoms with E-state index in [0.29, 0.717) is 13.0 Å². The van der Waals surface area contributed by atoms with Crippen LogP contribution in [0.25, 0.3) is 0 Å². The Balaban J connectivity index is 2.46. The number of nitrogens with one attached hydrogen (secondary N) is 1. The van der Waals surface area contributed by atoms with Crippen LogP contribution in [-0.4, -0.2) is 30.4 Å². The van der Waals surface area contributed by atoms with Crippen LogP contribution in [0.3, 0.4) is 0 Å². The van der Waals surface area contributed by atoms with Crippen LogP contribution in [0.15, 0.2) is 4.99 Å². The molecule has 1 fully saturated rings. The lowest BCUT2D eigenvalue weighted by molar-refractivity contribution is -0.118. The van der Waals surface area contributed by atoms with E-state index in [0.717, 1.165) is 0 Å². The number of nitrogens with two attached hydrogens (primary N) is 2. The van der Waals surface area contributed by atoms with E-state index >= 15 is 0 Å². The molecule has 0 amide bonds. The quantitative estimate of drug-likeness (QED) is 0.350. The molecule has 0 saturated carbocycles. The van der Waals surface area contributed by atoms with Gasteiger partial charge in [-0.15, -0.1) is 0 Å². The second kappa shape index (κ2) is 3.53. The predicted octanol–water partition coefficient (Wildman–Crippen LogP) is -1.42. The topological polar surface area (TPSA) is 93.5 Å². The summed E-state index contributed by atoms with van der Waals surface area (Å²) < 4.78 is 0. The molecule has 5 nitrogen and oxygen atoms in total. The fourth-order valence-electron chi connectivity index (χ4n) is 1.34. The summed E-state index contributed by atoms with van der Waals surface area (Å²) in [6.45, 7) is 2.25. The van der Waals surface area contributed by atoms with Gasteiger partial charge in [0.15, 0.2) is 5.96 Å². The molecule has 12 heavy (non-hydrogen) atoms. The van der Waals surface area contributed by atoms with Gasteiger partial charge in [0, 0.05) is 6.54 Å². The highest BCUT2D eigenvalue weighted by atomic mass is 16.1. The van der Waals surface area contributed by atoms with Gasteiger partial charge in [-0.3, -0.25) is 4.79 Å². The maximum absolute atomic E-state index is 10.9. The van der Waals surface area contributed by atoms with Gasteiger partial charge in [-0.2, -0.15) is 0 Å². The summed E-state index contributed by atoms with van der Waals surface area (Å²) in [6, 6.07) is -0.0120. The van der Waals surface area contributed by atoms with Crippen molar-refractivity contribution in [3.63, 3.8) is 0 Å². The van der Waals surface area contributed by atoms with E-state index in [1.54, 1.807) is 6.92 Å². The molecule has 1 aliphatic rings. The van der Waals surface area contributed by atoms with Gasteiger partial charge in [0.1, 0.15) is 5.78 Å². The van der Waals surface area contributed by atoms with Crippen molar-refractivity contribution in [2.75, 3.05) is 6.54 Å². The third-order valence-corrected chi connectivity index (χ3v) is 1.93. The molecule has 0 spiro atoms. The zero-order valence-electron chi connectivity index (χ0n) is 7.08. The van der Waals surface area contributed by atoms with Crippen LogP contribution in [0.5, 0.6) is 0 Å².